The Morgan fingerprint density at radius 2 is 1.13 bits per heavy atom. The van der Waals surface area contributed by atoms with Crippen LogP contribution in [0.1, 0.15) is 0 Å². The van der Waals surface area contributed by atoms with Crippen LogP contribution >= 0.6 is 22.7 Å². The smallest absolute Gasteiger partial charge is 0.113 e. The molecule has 0 bridgehead atoms. The minimum absolute atomic E-state index is 1.18. The van der Waals surface area contributed by atoms with Crippen molar-refractivity contribution in [3.63, 3.8) is 0 Å². The molecule has 0 N–H and O–H groups in total. The Kier molecular flexibility index (Phi) is 5.54. The van der Waals surface area contributed by atoms with Crippen LogP contribution in [0, 0.1) is 0 Å². The summed E-state index contributed by atoms with van der Waals surface area (Å²) in [6, 6.07) is 52.2. The fourth-order valence-electron chi connectivity index (χ4n) is 7.76. The third kappa shape index (κ3) is 3.72. The first-order valence-corrected chi connectivity index (χ1v) is 20.5. The maximum absolute atomic E-state index is 2.49. The van der Waals surface area contributed by atoms with Crippen LogP contribution in [0.5, 0.6) is 0 Å². The fourth-order valence-corrected chi connectivity index (χ4v) is 13.4. The van der Waals surface area contributed by atoms with Crippen molar-refractivity contribution in [2.75, 3.05) is 4.90 Å². The van der Waals surface area contributed by atoms with Gasteiger partial charge in [0.05, 0.1) is 0 Å². The molecule has 9 aromatic rings. The minimum atomic E-state index is -1.81. The van der Waals surface area contributed by atoms with Crippen LogP contribution in [0.15, 0.2) is 140 Å². The van der Waals surface area contributed by atoms with Crippen molar-refractivity contribution in [1.29, 1.82) is 0 Å². The molecular formula is C42H29NS2Si. The van der Waals surface area contributed by atoms with E-state index in [0.29, 0.717) is 0 Å². The van der Waals surface area contributed by atoms with Gasteiger partial charge in [-0.3, -0.25) is 0 Å². The van der Waals surface area contributed by atoms with Crippen molar-refractivity contribution in [1.82, 2.24) is 0 Å². The topological polar surface area (TPSA) is 3.24 Å². The van der Waals surface area contributed by atoms with E-state index in [0.717, 1.165) is 0 Å². The third-order valence-electron chi connectivity index (χ3n) is 10.0. The van der Waals surface area contributed by atoms with Gasteiger partial charge < -0.3 is 4.90 Å². The standard InChI is InChI=1S/C42H29NS2Si/c1-46(2)39-15-9-8-14-31(39)32-18-16-30(25-40(32)46)43(28-12-4-3-5-13-28)29-17-19-34-38(24-29)44-36-21-20-33-35-22-26-10-6-7-11-27(26)23-37(35)45-42(33)41(34)36/h3-25H,1-2H3. The van der Waals surface area contributed by atoms with E-state index in [-0.39, 0.29) is 0 Å². The van der Waals surface area contributed by atoms with Gasteiger partial charge in [0, 0.05) is 57.4 Å². The summed E-state index contributed by atoms with van der Waals surface area (Å²) in [5.41, 5.74) is 6.41. The molecule has 7 aromatic carbocycles. The number of rotatable bonds is 3. The van der Waals surface area contributed by atoms with Gasteiger partial charge in [-0.05, 0) is 86.9 Å². The second-order valence-electron chi connectivity index (χ2n) is 13.0. The highest BCUT2D eigenvalue weighted by molar-refractivity contribution is 7.29. The molecule has 46 heavy (non-hydrogen) atoms. The third-order valence-corrected chi connectivity index (χ3v) is 15.9. The molecule has 0 atom stereocenters. The number of fused-ring (bicyclic) bond motifs is 11. The maximum atomic E-state index is 2.49. The number of nitrogens with zero attached hydrogens (tertiary/aromatic N) is 1. The highest BCUT2D eigenvalue weighted by Gasteiger charge is 2.37. The summed E-state index contributed by atoms with van der Waals surface area (Å²) >= 11 is 3.85. The lowest BCUT2D eigenvalue weighted by Crippen LogP contribution is -2.49. The van der Waals surface area contributed by atoms with Gasteiger partial charge in [-0.15, -0.1) is 22.7 Å². The second-order valence-corrected chi connectivity index (χ2v) is 19.4. The lowest BCUT2D eigenvalue weighted by atomic mass is 10.0. The number of anilines is 3. The average Bonchev–Trinajstić information content (AvgIpc) is 3.71. The Bertz CT molecular complexity index is 2680. The second kappa shape index (κ2) is 9.63. The first kappa shape index (κ1) is 26.5. The number of para-hydroxylation sites is 1. The lowest BCUT2D eigenvalue weighted by Gasteiger charge is -2.27. The van der Waals surface area contributed by atoms with Crippen LogP contribution < -0.4 is 15.3 Å². The van der Waals surface area contributed by atoms with Gasteiger partial charge in [0.2, 0.25) is 0 Å². The molecular weight excluding hydrogens is 611 g/mol. The summed E-state index contributed by atoms with van der Waals surface area (Å²) in [5.74, 6) is 0. The first-order valence-electron chi connectivity index (χ1n) is 15.8. The molecule has 0 spiro atoms. The molecule has 1 nitrogen and oxygen atoms in total. The van der Waals surface area contributed by atoms with Crippen molar-refractivity contribution in [2.24, 2.45) is 0 Å². The summed E-state index contributed by atoms with van der Waals surface area (Å²) in [6.45, 7) is 4.99. The highest BCUT2D eigenvalue weighted by Crippen LogP contribution is 2.47. The molecule has 10 rings (SSSR count). The number of hydrogen-bond donors (Lipinski definition) is 0. The minimum Gasteiger partial charge on any atom is -0.310 e. The van der Waals surface area contributed by atoms with Crippen LogP contribution in [0.3, 0.4) is 0 Å². The Labute approximate surface area is 276 Å². The van der Waals surface area contributed by atoms with E-state index in [1.807, 2.05) is 22.7 Å². The zero-order valence-corrected chi connectivity index (χ0v) is 28.2. The van der Waals surface area contributed by atoms with Crippen LogP contribution in [0.4, 0.5) is 17.1 Å². The Hall–Kier alpha value is -4.74. The summed E-state index contributed by atoms with van der Waals surface area (Å²) in [7, 11) is -1.81. The molecule has 2 aromatic heterocycles. The Morgan fingerprint density at radius 3 is 2.00 bits per heavy atom. The number of benzene rings is 7. The Morgan fingerprint density at radius 1 is 0.457 bits per heavy atom. The van der Waals surface area contributed by atoms with Gasteiger partial charge in [-0.2, -0.15) is 0 Å². The normalized spacial score (nSPS) is 13.6. The molecule has 0 saturated carbocycles. The molecule has 0 aliphatic carbocycles. The van der Waals surface area contributed by atoms with E-state index < -0.39 is 8.07 Å². The molecule has 218 valence electrons. The van der Waals surface area contributed by atoms with Crippen LogP contribution in [0.2, 0.25) is 13.1 Å². The zero-order valence-electron chi connectivity index (χ0n) is 25.5. The van der Waals surface area contributed by atoms with Gasteiger partial charge in [0.25, 0.3) is 0 Å². The van der Waals surface area contributed by atoms with Gasteiger partial charge in [0.15, 0.2) is 0 Å². The van der Waals surface area contributed by atoms with Gasteiger partial charge >= 0.3 is 0 Å². The molecule has 0 radical (unpaired) electrons. The van der Waals surface area contributed by atoms with E-state index in [1.54, 1.807) is 5.19 Å². The van der Waals surface area contributed by atoms with Gasteiger partial charge in [0.1, 0.15) is 8.07 Å². The lowest BCUT2D eigenvalue weighted by molar-refractivity contribution is 1.29. The van der Waals surface area contributed by atoms with Crippen LogP contribution in [-0.2, 0) is 0 Å². The van der Waals surface area contributed by atoms with Crippen molar-refractivity contribution >= 4 is 109 Å². The summed E-state index contributed by atoms with van der Waals surface area (Å²) in [4.78, 5) is 2.44. The molecule has 0 fully saturated rings. The summed E-state index contributed by atoms with van der Waals surface area (Å²) in [5, 5.41) is 11.1. The van der Waals surface area contributed by atoms with Gasteiger partial charge in [-0.25, -0.2) is 0 Å². The predicted octanol–water partition coefficient (Wildman–Crippen LogP) is 11.8. The van der Waals surface area contributed by atoms with Crippen molar-refractivity contribution < 1.29 is 0 Å². The monoisotopic (exact) mass is 639 g/mol. The summed E-state index contributed by atoms with van der Waals surface area (Å²) in [6.07, 6.45) is 0. The van der Waals surface area contributed by atoms with E-state index >= 15 is 0 Å². The van der Waals surface area contributed by atoms with E-state index in [4.69, 9.17) is 0 Å². The number of hydrogen-bond acceptors (Lipinski definition) is 3. The highest BCUT2D eigenvalue weighted by atomic mass is 32.1. The first-order chi connectivity index (χ1) is 22.5. The Balaban J connectivity index is 1.16. The van der Waals surface area contributed by atoms with Gasteiger partial charge in [-0.1, -0.05) is 98.0 Å². The summed E-state index contributed by atoms with van der Waals surface area (Å²) < 4.78 is 5.43. The van der Waals surface area contributed by atoms with Crippen molar-refractivity contribution in [3.8, 4) is 11.1 Å². The predicted molar refractivity (Wildman–Crippen MR) is 207 cm³/mol. The SMILES string of the molecule is C[Si]1(C)c2ccccc2-c2ccc(N(c3ccccc3)c3ccc4c(c3)sc3ccc5c6cc7ccccc7cc6sc5c34)cc21. The fraction of sp³-hybridized carbons (Fsp3) is 0.0476. The quantitative estimate of drug-likeness (QED) is 0.174. The zero-order chi connectivity index (χ0) is 30.6. The molecule has 0 saturated heterocycles. The molecule has 0 unspecified atom stereocenters. The number of thiophene rings is 2. The maximum Gasteiger partial charge on any atom is 0.113 e. The average molecular weight is 640 g/mol. The van der Waals surface area contributed by atoms with E-state index in [2.05, 4.69) is 158 Å². The molecule has 0 amide bonds. The molecule has 1 aliphatic heterocycles. The van der Waals surface area contributed by atoms with E-state index in [1.165, 1.54) is 84.5 Å². The van der Waals surface area contributed by atoms with Crippen LogP contribution in [-0.4, -0.2) is 8.07 Å². The largest absolute Gasteiger partial charge is 0.310 e. The molecule has 4 heteroatoms. The van der Waals surface area contributed by atoms with E-state index in [9.17, 15) is 0 Å². The molecule has 1 aliphatic rings. The van der Waals surface area contributed by atoms with Crippen molar-refractivity contribution in [3.05, 3.63) is 140 Å². The van der Waals surface area contributed by atoms with Crippen molar-refractivity contribution in [2.45, 2.75) is 13.1 Å². The molecule has 3 heterocycles. The van der Waals surface area contributed by atoms with Crippen LogP contribution in [0.25, 0.3) is 62.2 Å².